The molecule has 4 heteroatoms. The number of hydrogen-bond donors (Lipinski definition) is 1. The Labute approximate surface area is 109 Å². The molecule has 4 nitrogen and oxygen atoms in total. The first kappa shape index (κ1) is 14.5. The molecule has 1 aromatic rings. The summed E-state index contributed by atoms with van der Waals surface area (Å²) in [4.78, 5) is 14.0. The van der Waals surface area contributed by atoms with Crippen molar-refractivity contribution in [2.75, 3.05) is 25.6 Å². The maximum atomic E-state index is 12.4. The highest BCUT2D eigenvalue weighted by Gasteiger charge is 2.29. The van der Waals surface area contributed by atoms with Gasteiger partial charge in [-0.3, -0.25) is 4.79 Å². The molecule has 0 heterocycles. The van der Waals surface area contributed by atoms with Crippen LogP contribution >= 0.6 is 0 Å². The molecular weight excluding hydrogens is 228 g/mol. The van der Waals surface area contributed by atoms with Gasteiger partial charge in [-0.05, 0) is 32.5 Å². The van der Waals surface area contributed by atoms with Crippen LogP contribution in [0.15, 0.2) is 24.3 Å². The van der Waals surface area contributed by atoms with Crippen LogP contribution in [0, 0.1) is 0 Å². The Morgan fingerprint density at radius 3 is 2.67 bits per heavy atom. The molecule has 0 aliphatic heterocycles. The number of methoxy groups -OCH3 is 1. The van der Waals surface area contributed by atoms with Crippen LogP contribution < -0.4 is 15.0 Å². The molecule has 1 amide bonds. The molecule has 1 rings (SSSR count). The number of carbonyl (C=O) groups is 1. The van der Waals surface area contributed by atoms with Gasteiger partial charge in [0.25, 0.3) is 0 Å². The van der Waals surface area contributed by atoms with E-state index in [9.17, 15) is 4.79 Å². The third kappa shape index (κ3) is 3.23. The van der Waals surface area contributed by atoms with Crippen molar-refractivity contribution >= 4 is 11.6 Å². The summed E-state index contributed by atoms with van der Waals surface area (Å²) in [7, 11) is 3.39. The van der Waals surface area contributed by atoms with E-state index in [2.05, 4.69) is 5.32 Å². The van der Waals surface area contributed by atoms with Gasteiger partial charge in [-0.25, -0.2) is 0 Å². The van der Waals surface area contributed by atoms with E-state index in [1.54, 1.807) is 19.1 Å². The Hall–Kier alpha value is -1.55. The minimum atomic E-state index is -0.577. The molecule has 0 radical (unpaired) electrons. The number of ether oxygens (including phenoxy) is 1. The Bertz CT molecular complexity index is 416. The first-order valence-electron chi connectivity index (χ1n) is 6.09. The summed E-state index contributed by atoms with van der Waals surface area (Å²) in [5, 5.41) is 3.18. The van der Waals surface area contributed by atoms with E-state index in [1.165, 1.54) is 0 Å². The van der Waals surface area contributed by atoms with Gasteiger partial charge in [0.1, 0.15) is 5.75 Å². The third-order valence-electron chi connectivity index (χ3n) is 2.90. The van der Waals surface area contributed by atoms with Gasteiger partial charge in [-0.1, -0.05) is 13.0 Å². The van der Waals surface area contributed by atoms with Crippen molar-refractivity contribution in [2.45, 2.75) is 26.3 Å². The van der Waals surface area contributed by atoms with Gasteiger partial charge in [-0.2, -0.15) is 0 Å². The molecular formula is C14H22N2O2. The molecule has 100 valence electrons. The number of hydrogen-bond acceptors (Lipinski definition) is 3. The minimum absolute atomic E-state index is 0.0256. The monoisotopic (exact) mass is 250 g/mol. The second-order valence-corrected chi connectivity index (χ2v) is 4.72. The van der Waals surface area contributed by atoms with Gasteiger partial charge in [0, 0.05) is 18.8 Å². The molecule has 0 aromatic heterocycles. The highest BCUT2D eigenvalue weighted by molar-refractivity contribution is 5.99. The van der Waals surface area contributed by atoms with E-state index < -0.39 is 5.54 Å². The van der Waals surface area contributed by atoms with Crippen molar-refractivity contribution < 1.29 is 9.53 Å². The fourth-order valence-electron chi connectivity index (χ4n) is 1.87. The number of rotatable bonds is 5. The fourth-order valence-corrected chi connectivity index (χ4v) is 1.87. The maximum Gasteiger partial charge on any atom is 0.246 e. The average molecular weight is 250 g/mol. The van der Waals surface area contributed by atoms with Crippen molar-refractivity contribution in [2.24, 2.45) is 0 Å². The number of carbonyl (C=O) groups excluding carboxylic acids is 1. The number of benzene rings is 1. The number of nitrogens with zero attached hydrogens (tertiary/aromatic N) is 1. The zero-order valence-corrected chi connectivity index (χ0v) is 11.8. The van der Waals surface area contributed by atoms with Crippen molar-refractivity contribution in [3.8, 4) is 5.75 Å². The third-order valence-corrected chi connectivity index (χ3v) is 2.90. The molecule has 0 spiro atoms. The summed E-state index contributed by atoms with van der Waals surface area (Å²) >= 11 is 0. The van der Waals surface area contributed by atoms with Gasteiger partial charge >= 0.3 is 0 Å². The Kier molecular flexibility index (Phi) is 4.73. The predicted molar refractivity (Wildman–Crippen MR) is 74.2 cm³/mol. The van der Waals surface area contributed by atoms with Gasteiger partial charge < -0.3 is 15.0 Å². The summed E-state index contributed by atoms with van der Waals surface area (Å²) in [6.45, 7) is 6.51. The Morgan fingerprint density at radius 1 is 1.44 bits per heavy atom. The molecule has 0 aliphatic rings. The summed E-state index contributed by atoms with van der Waals surface area (Å²) < 4.78 is 5.16. The van der Waals surface area contributed by atoms with E-state index in [0.29, 0.717) is 0 Å². The van der Waals surface area contributed by atoms with E-state index >= 15 is 0 Å². The Morgan fingerprint density at radius 2 is 2.11 bits per heavy atom. The second-order valence-electron chi connectivity index (χ2n) is 4.72. The number of likely N-dealkylation sites (N-methyl/N-ethyl adjacent to an activating group) is 2. The molecule has 1 N–H and O–H groups in total. The predicted octanol–water partition coefficient (Wildman–Crippen LogP) is 2.05. The lowest BCUT2D eigenvalue weighted by Crippen LogP contribution is -2.53. The number of anilines is 1. The maximum absolute atomic E-state index is 12.4. The van der Waals surface area contributed by atoms with Crippen LogP contribution in [-0.2, 0) is 4.79 Å². The minimum Gasteiger partial charge on any atom is -0.497 e. The van der Waals surface area contributed by atoms with Crippen LogP contribution in [-0.4, -0.2) is 32.1 Å². The molecule has 0 saturated heterocycles. The first-order valence-corrected chi connectivity index (χ1v) is 6.09. The van der Waals surface area contributed by atoms with E-state index in [-0.39, 0.29) is 5.91 Å². The molecule has 0 atom stereocenters. The van der Waals surface area contributed by atoms with Gasteiger partial charge in [0.05, 0.1) is 12.6 Å². The lowest BCUT2D eigenvalue weighted by Gasteiger charge is -2.30. The summed E-state index contributed by atoms with van der Waals surface area (Å²) in [6, 6.07) is 7.47. The SMILES string of the molecule is CCNC(C)(C)C(=O)N(C)c1cccc(OC)c1. The molecule has 1 aromatic carbocycles. The van der Waals surface area contributed by atoms with Crippen LogP contribution in [0.4, 0.5) is 5.69 Å². The van der Waals surface area contributed by atoms with E-state index in [4.69, 9.17) is 4.74 Å². The fraction of sp³-hybridized carbons (Fsp3) is 0.500. The van der Waals surface area contributed by atoms with Crippen molar-refractivity contribution in [3.63, 3.8) is 0 Å². The standard InChI is InChI=1S/C14H22N2O2/c1-6-15-14(2,3)13(17)16(4)11-8-7-9-12(10-11)18-5/h7-10,15H,6H2,1-5H3. The average Bonchev–Trinajstić information content (AvgIpc) is 2.37. The zero-order chi connectivity index (χ0) is 13.8. The van der Waals surface area contributed by atoms with E-state index in [1.807, 2.05) is 45.0 Å². The largest absolute Gasteiger partial charge is 0.497 e. The van der Waals surface area contributed by atoms with Crippen molar-refractivity contribution in [1.82, 2.24) is 5.32 Å². The summed E-state index contributed by atoms with van der Waals surface area (Å²) in [6.07, 6.45) is 0. The molecule has 0 fully saturated rings. The number of amides is 1. The molecule has 0 saturated carbocycles. The van der Waals surface area contributed by atoms with Crippen LogP contribution in [0.25, 0.3) is 0 Å². The smallest absolute Gasteiger partial charge is 0.246 e. The van der Waals surface area contributed by atoms with E-state index in [0.717, 1.165) is 18.0 Å². The Balaban J connectivity index is 2.92. The lowest BCUT2D eigenvalue weighted by atomic mass is 10.0. The lowest BCUT2D eigenvalue weighted by molar-refractivity contribution is -0.123. The molecule has 0 unspecified atom stereocenters. The second kappa shape index (κ2) is 5.87. The first-order chi connectivity index (χ1) is 8.42. The van der Waals surface area contributed by atoms with Crippen molar-refractivity contribution in [3.05, 3.63) is 24.3 Å². The zero-order valence-electron chi connectivity index (χ0n) is 11.8. The van der Waals surface area contributed by atoms with Crippen LogP contribution in [0.3, 0.4) is 0 Å². The van der Waals surface area contributed by atoms with Gasteiger partial charge in [-0.15, -0.1) is 0 Å². The highest BCUT2D eigenvalue weighted by atomic mass is 16.5. The summed E-state index contributed by atoms with van der Waals surface area (Å²) in [5.41, 5.74) is 0.248. The van der Waals surface area contributed by atoms with Crippen LogP contribution in [0.2, 0.25) is 0 Å². The number of nitrogens with one attached hydrogen (secondary N) is 1. The van der Waals surface area contributed by atoms with Crippen LogP contribution in [0.1, 0.15) is 20.8 Å². The van der Waals surface area contributed by atoms with Crippen LogP contribution in [0.5, 0.6) is 5.75 Å². The van der Waals surface area contributed by atoms with Crippen molar-refractivity contribution in [1.29, 1.82) is 0 Å². The quantitative estimate of drug-likeness (QED) is 0.869. The molecule has 18 heavy (non-hydrogen) atoms. The topological polar surface area (TPSA) is 41.6 Å². The summed E-state index contributed by atoms with van der Waals surface area (Å²) in [5.74, 6) is 0.769. The highest BCUT2D eigenvalue weighted by Crippen LogP contribution is 2.22. The van der Waals surface area contributed by atoms with Gasteiger partial charge in [0.15, 0.2) is 0 Å². The molecule has 0 bridgehead atoms. The molecule has 0 aliphatic carbocycles. The van der Waals surface area contributed by atoms with Gasteiger partial charge in [0.2, 0.25) is 5.91 Å². The normalized spacial score (nSPS) is 11.2.